The number of nitrogens with two attached hydrogens (primary N) is 2. The molecule has 2 aromatic rings. The van der Waals surface area contributed by atoms with Crippen molar-refractivity contribution in [3.63, 3.8) is 0 Å². The standard InChI is InChI=1S/C10H13N3O/c1-4-7-9(12)6(3)14-10(7)13-5(2)8(4)11/h11-12H2,1-3H3. The molecule has 74 valence electrons. The summed E-state index contributed by atoms with van der Waals surface area (Å²) in [5.74, 6) is 0.695. The van der Waals surface area contributed by atoms with E-state index >= 15 is 0 Å². The highest BCUT2D eigenvalue weighted by atomic mass is 16.3. The molecule has 14 heavy (non-hydrogen) atoms. The van der Waals surface area contributed by atoms with Gasteiger partial charge in [0.25, 0.3) is 0 Å². The van der Waals surface area contributed by atoms with Crippen LogP contribution in [0, 0.1) is 20.8 Å². The lowest BCUT2D eigenvalue weighted by atomic mass is 10.1. The van der Waals surface area contributed by atoms with Crippen molar-refractivity contribution in [1.29, 1.82) is 0 Å². The quantitative estimate of drug-likeness (QED) is 0.666. The van der Waals surface area contributed by atoms with Crippen LogP contribution in [0.2, 0.25) is 0 Å². The van der Waals surface area contributed by atoms with Crippen LogP contribution < -0.4 is 11.5 Å². The summed E-state index contributed by atoms with van der Waals surface area (Å²) in [6.07, 6.45) is 0. The minimum atomic E-state index is 0.573. The monoisotopic (exact) mass is 191 g/mol. The number of nitrogen functional groups attached to an aromatic ring is 2. The first-order valence-electron chi connectivity index (χ1n) is 4.43. The normalized spacial score (nSPS) is 11.1. The smallest absolute Gasteiger partial charge is 0.229 e. The zero-order chi connectivity index (χ0) is 10.5. The molecule has 0 unspecified atom stereocenters. The predicted octanol–water partition coefficient (Wildman–Crippen LogP) is 1.92. The van der Waals surface area contributed by atoms with Gasteiger partial charge in [0.1, 0.15) is 5.76 Å². The van der Waals surface area contributed by atoms with E-state index in [0.717, 1.165) is 16.6 Å². The van der Waals surface area contributed by atoms with Crippen LogP contribution in [0.1, 0.15) is 17.0 Å². The average Bonchev–Trinajstić information content (AvgIpc) is 2.39. The van der Waals surface area contributed by atoms with Crippen LogP contribution in [0.25, 0.3) is 11.1 Å². The molecule has 0 saturated carbocycles. The number of hydrogen-bond donors (Lipinski definition) is 2. The molecular weight excluding hydrogens is 178 g/mol. The van der Waals surface area contributed by atoms with E-state index in [1.165, 1.54) is 0 Å². The van der Waals surface area contributed by atoms with E-state index in [9.17, 15) is 0 Å². The molecule has 0 aliphatic heterocycles. The predicted molar refractivity (Wildman–Crippen MR) is 57.0 cm³/mol. The first-order valence-corrected chi connectivity index (χ1v) is 4.43. The van der Waals surface area contributed by atoms with Gasteiger partial charge < -0.3 is 15.9 Å². The maximum atomic E-state index is 5.87. The Morgan fingerprint density at radius 2 is 1.71 bits per heavy atom. The van der Waals surface area contributed by atoms with Crippen LogP contribution in [0.3, 0.4) is 0 Å². The van der Waals surface area contributed by atoms with Crippen LogP contribution in [0.4, 0.5) is 11.4 Å². The van der Waals surface area contributed by atoms with Crippen molar-refractivity contribution in [3.8, 4) is 0 Å². The van der Waals surface area contributed by atoms with Crippen LogP contribution in [-0.4, -0.2) is 4.98 Å². The average molecular weight is 191 g/mol. The van der Waals surface area contributed by atoms with Crippen molar-refractivity contribution in [2.24, 2.45) is 0 Å². The van der Waals surface area contributed by atoms with Crippen LogP contribution in [-0.2, 0) is 0 Å². The summed E-state index contributed by atoms with van der Waals surface area (Å²) in [6.45, 7) is 5.61. The molecule has 4 nitrogen and oxygen atoms in total. The van der Waals surface area contributed by atoms with Crippen molar-refractivity contribution in [3.05, 3.63) is 17.0 Å². The number of anilines is 2. The Labute approximate surface area is 81.9 Å². The molecule has 0 radical (unpaired) electrons. The minimum Gasteiger partial charge on any atom is -0.441 e. The van der Waals surface area contributed by atoms with Gasteiger partial charge in [-0.2, -0.15) is 0 Å². The number of fused-ring (bicyclic) bond motifs is 1. The van der Waals surface area contributed by atoms with Gasteiger partial charge >= 0.3 is 0 Å². The second-order valence-corrected chi connectivity index (χ2v) is 3.49. The summed E-state index contributed by atoms with van der Waals surface area (Å²) in [6, 6.07) is 0. The molecule has 2 aromatic heterocycles. The molecule has 0 fully saturated rings. The molecule has 4 N–H and O–H groups in total. The zero-order valence-electron chi connectivity index (χ0n) is 8.51. The van der Waals surface area contributed by atoms with Crippen LogP contribution >= 0.6 is 0 Å². The zero-order valence-corrected chi connectivity index (χ0v) is 8.51. The Bertz CT molecular complexity index is 514. The van der Waals surface area contributed by atoms with Crippen molar-refractivity contribution in [2.45, 2.75) is 20.8 Å². The van der Waals surface area contributed by atoms with Crippen LogP contribution in [0.5, 0.6) is 0 Å². The lowest BCUT2D eigenvalue weighted by Gasteiger charge is -2.03. The van der Waals surface area contributed by atoms with Gasteiger partial charge in [-0.05, 0) is 26.3 Å². The fourth-order valence-corrected chi connectivity index (χ4v) is 1.60. The van der Waals surface area contributed by atoms with Gasteiger partial charge in [-0.1, -0.05) is 0 Å². The number of furan rings is 1. The summed E-state index contributed by atoms with van der Waals surface area (Å²) in [7, 11) is 0. The van der Waals surface area contributed by atoms with E-state index in [4.69, 9.17) is 15.9 Å². The lowest BCUT2D eigenvalue weighted by Crippen LogP contribution is -1.97. The van der Waals surface area contributed by atoms with E-state index in [1.54, 1.807) is 0 Å². The molecule has 0 aliphatic carbocycles. The topological polar surface area (TPSA) is 78.1 Å². The van der Waals surface area contributed by atoms with E-state index in [0.29, 0.717) is 22.8 Å². The number of aryl methyl sites for hydroxylation is 3. The molecule has 0 atom stereocenters. The van der Waals surface area contributed by atoms with E-state index in [2.05, 4.69) is 4.98 Å². The highest BCUT2D eigenvalue weighted by Gasteiger charge is 2.14. The second-order valence-electron chi connectivity index (χ2n) is 3.49. The Kier molecular flexibility index (Phi) is 1.67. The summed E-state index contributed by atoms with van der Waals surface area (Å²) in [5, 5.41) is 0.839. The first kappa shape index (κ1) is 8.87. The number of pyridine rings is 1. The van der Waals surface area contributed by atoms with Crippen LogP contribution in [0.15, 0.2) is 4.42 Å². The van der Waals surface area contributed by atoms with Crippen molar-refractivity contribution in [2.75, 3.05) is 11.5 Å². The van der Waals surface area contributed by atoms with Gasteiger partial charge in [0.05, 0.1) is 22.5 Å². The van der Waals surface area contributed by atoms with Crippen molar-refractivity contribution >= 4 is 22.5 Å². The van der Waals surface area contributed by atoms with E-state index < -0.39 is 0 Å². The summed E-state index contributed by atoms with van der Waals surface area (Å²) < 4.78 is 5.42. The number of hydrogen-bond acceptors (Lipinski definition) is 4. The summed E-state index contributed by atoms with van der Waals surface area (Å²) >= 11 is 0. The summed E-state index contributed by atoms with van der Waals surface area (Å²) in [4.78, 5) is 4.25. The van der Waals surface area contributed by atoms with Gasteiger partial charge in [-0.15, -0.1) is 0 Å². The third-order valence-electron chi connectivity index (χ3n) is 2.55. The SMILES string of the molecule is Cc1nc2oc(C)c(N)c2c(C)c1N. The summed E-state index contributed by atoms with van der Waals surface area (Å²) in [5.41, 5.74) is 15.4. The highest BCUT2D eigenvalue weighted by Crippen LogP contribution is 2.32. The molecule has 0 amide bonds. The van der Waals surface area contributed by atoms with Gasteiger partial charge in [-0.3, -0.25) is 0 Å². The molecule has 0 bridgehead atoms. The second kappa shape index (κ2) is 2.64. The van der Waals surface area contributed by atoms with Crippen molar-refractivity contribution in [1.82, 2.24) is 4.98 Å². The molecule has 2 rings (SSSR count). The van der Waals surface area contributed by atoms with Crippen molar-refractivity contribution < 1.29 is 4.42 Å². The Morgan fingerprint density at radius 3 is 2.36 bits per heavy atom. The number of nitrogens with zero attached hydrogens (tertiary/aromatic N) is 1. The van der Waals surface area contributed by atoms with Gasteiger partial charge in [0, 0.05) is 0 Å². The molecule has 0 aliphatic rings. The Hall–Kier alpha value is -1.71. The van der Waals surface area contributed by atoms with Gasteiger partial charge in [0.15, 0.2) is 0 Å². The number of aromatic nitrogens is 1. The molecule has 4 heteroatoms. The first-order chi connectivity index (χ1) is 6.52. The third-order valence-corrected chi connectivity index (χ3v) is 2.55. The Balaban J connectivity index is 2.99. The molecular formula is C10H13N3O. The minimum absolute atomic E-state index is 0.573. The Morgan fingerprint density at radius 1 is 1.07 bits per heavy atom. The molecule has 2 heterocycles. The maximum Gasteiger partial charge on any atom is 0.229 e. The van der Waals surface area contributed by atoms with Gasteiger partial charge in [-0.25, -0.2) is 4.98 Å². The van der Waals surface area contributed by atoms with Gasteiger partial charge in [0.2, 0.25) is 5.71 Å². The van der Waals surface area contributed by atoms with E-state index in [-0.39, 0.29) is 0 Å². The highest BCUT2D eigenvalue weighted by molar-refractivity contribution is 5.94. The number of rotatable bonds is 0. The fraction of sp³-hybridized carbons (Fsp3) is 0.300. The van der Waals surface area contributed by atoms with E-state index in [1.807, 2.05) is 20.8 Å². The third kappa shape index (κ3) is 0.968. The largest absolute Gasteiger partial charge is 0.441 e. The maximum absolute atomic E-state index is 5.87. The molecule has 0 spiro atoms. The lowest BCUT2D eigenvalue weighted by molar-refractivity contribution is 0.568. The fourth-order valence-electron chi connectivity index (χ4n) is 1.60. The molecule has 0 aromatic carbocycles. The molecule has 0 saturated heterocycles.